The molecule has 4 atom stereocenters. The summed E-state index contributed by atoms with van der Waals surface area (Å²) in [4.78, 5) is 44.7. The number of hydrogen-bond acceptors (Lipinski definition) is 4. The Morgan fingerprint density at radius 3 is 2.26 bits per heavy atom. The van der Waals surface area contributed by atoms with E-state index >= 15 is 0 Å². The van der Waals surface area contributed by atoms with E-state index in [1.54, 1.807) is 24.3 Å². The molecule has 3 aromatic carbocycles. The van der Waals surface area contributed by atoms with Gasteiger partial charge in [0.2, 0.25) is 11.8 Å². The predicted octanol–water partition coefficient (Wildman–Crippen LogP) is 5.16. The zero-order chi connectivity index (χ0) is 23.6. The van der Waals surface area contributed by atoms with Gasteiger partial charge in [-0.2, -0.15) is 0 Å². The molecule has 3 aliphatic heterocycles. The van der Waals surface area contributed by atoms with Crippen molar-refractivity contribution in [2.75, 3.05) is 4.90 Å². The molecule has 0 unspecified atom stereocenters. The summed E-state index contributed by atoms with van der Waals surface area (Å²) in [5, 5.41) is 0. The lowest BCUT2D eigenvalue weighted by atomic mass is 9.83. The van der Waals surface area contributed by atoms with E-state index < -0.39 is 17.9 Å². The Hall–Kier alpha value is -3.51. The number of ketones is 1. The lowest BCUT2D eigenvalue weighted by Crippen LogP contribution is -2.44. The first-order valence-electron chi connectivity index (χ1n) is 11.2. The minimum absolute atomic E-state index is 0.152. The number of carbonyl (C=O) groups is 3. The molecule has 0 N–H and O–H groups in total. The second-order valence-corrected chi connectivity index (χ2v) is 9.97. The fraction of sp³-hybridized carbons (Fsp3) is 0.179. The first-order chi connectivity index (χ1) is 16.5. The van der Waals surface area contributed by atoms with E-state index in [0.717, 1.165) is 21.2 Å². The lowest BCUT2D eigenvalue weighted by Gasteiger charge is -2.35. The molecule has 5 nitrogen and oxygen atoms in total. The van der Waals surface area contributed by atoms with E-state index in [-0.39, 0.29) is 23.6 Å². The Morgan fingerprint density at radius 2 is 1.53 bits per heavy atom. The van der Waals surface area contributed by atoms with Gasteiger partial charge in [-0.05, 0) is 48.4 Å². The molecule has 2 amide bonds. The van der Waals surface area contributed by atoms with E-state index in [1.807, 2.05) is 72.6 Å². The molecule has 0 saturated carbocycles. The second kappa shape index (κ2) is 7.77. The van der Waals surface area contributed by atoms with Gasteiger partial charge in [-0.15, -0.1) is 0 Å². The average Bonchev–Trinajstić information content (AvgIpc) is 3.32. The van der Waals surface area contributed by atoms with E-state index in [2.05, 4.69) is 15.9 Å². The van der Waals surface area contributed by atoms with Crippen LogP contribution in [0.15, 0.2) is 83.5 Å². The normalized spacial score (nSPS) is 24.8. The number of amides is 2. The highest BCUT2D eigenvalue weighted by Gasteiger charge is 2.64. The summed E-state index contributed by atoms with van der Waals surface area (Å²) in [6.07, 6.45) is 3.84. The van der Waals surface area contributed by atoms with Gasteiger partial charge in [-0.3, -0.25) is 14.4 Å². The number of fused-ring (bicyclic) bond motifs is 5. The molecule has 3 aromatic rings. The highest BCUT2D eigenvalue weighted by Crippen LogP contribution is 2.53. The molecular weight excluding hydrogens is 492 g/mol. The molecule has 6 rings (SSSR count). The van der Waals surface area contributed by atoms with Crippen molar-refractivity contribution in [2.45, 2.75) is 19.0 Å². The van der Waals surface area contributed by atoms with Crippen LogP contribution in [-0.2, 0) is 9.59 Å². The van der Waals surface area contributed by atoms with Gasteiger partial charge in [0.15, 0.2) is 5.78 Å². The zero-order valence-electron chi connectivity index (χ0n) is 18.4. The number of hydrogen-bond donors (Lipinski definition) is 0. The Bertz CT molecular complexity index is 1360. The van der Waals surface area contributed by atoms with E-state index in [9.17, 15) is 14.4 Å². The number of carbonyl (C=O) groups excluding carboxylic acids is 3. The first kappa shape index (κ1) is 21.1. The Morgan fingerprint density at radius 1 is 0.853 bits per heavy atom. The van der Waals surface area contributed by atoms with Crippen molar-refractivity contribution in [3.63, 3.8) is 0 Å². The van der Waals surface area contributed by atoms with Crippen LogP contribution in [0.5, 0.6) is 0 Å². The molecule has 0 aromatic heterocycles. The number of aryl methyl sites for hydroxylation is 1. The minimum Gasteiger partial charge on any atom is -0.358 e. The molecule has 2 fully saturated rings. The number of benzene rings is 3. The molecule has 6 heteroatoms. The maximum atomic E-state index is 13.8. The quantitative estimate of drug-likeness (QED) is 0.359. The summed E-state index contributed by atoms with van der Waals surface area (Å²) in [6.45, 7) is 1.96. The number of nitrogens with zero attached hydrogens (tertiary/aromatic N) is 2. The Kier molecular flexibility index (Phi) is 4.81. The summed E-state index contributed by atoms with van der Waals surface area (Å²) < 4.78 is 0.871. The molecule has 0 aliphatic carbocycles. The number of Topliss-reactive ketones (excluding diaryl/α,β-unsaturated/α-hetero) is 1. The SMILES string of the molecule is Cc1ccc(N2C(=O)[C@@H]3[C@H](C2=O)[C@H]2c4ccccc4C=CN2[C@@H]3C(=O)c2ccc(Br)cc2)cc1. The molecule has 3 aliphatic rings. The van der Waals surface area contributed by atoms with Crippen LogP contribution in [0, 0.1) is 18.8 Å². The molecule has 34 heavy (non-hydrogen) atoms. The van der Waals surface area contributed by atoms with Crippen LogP contribution in [0.2, 0.25) is 0 Å². The average molecular weight is 513 g/mol. The second-order valence-electron chi connectivity index (χ2n) is 9.05. The van der Waals surface area contributed by atoms with E-state index in [0.29, 0.717) is 11.3 Å². The third-order valence-corrected chi connectivity index (χ3v) is 7.68. The molecule has 0 spiro atoms. The fourth-order valence-electron chi connectivity index (χ4n) is 5.59. The third kappa shape index (κ3) is 3.02. The number of rotatable bonds is 3. The smallest absolute Gasteiger partial charge is 0.240 e. The van der Waals surface area contributed by atoms with Crippen molar-refractivity contribution in [1.29, 1.82) is 0 Å². The van der Waals surface area contributed by atoms with Crippen molar-refractivity contribution in [1.82, 2.24) is 4.90 Å². The molecule has 0 radical (unpaired) electrons. The summed E-state index contributed by atoms with van der Waals surface area (Å²) in [5.41, 5.74) is 4.10. The van der Waals surface area contributed by atoms with Gasteiger partial charge >= 0.3 is 0 Å². The van der Waals surface area contributed by atoms with Gasteiger partial charge in [0.05, 0.1) is 23.6 Å². The van der Waals surface area contributed by atoms with Crippen LogP contribution in [-0.4, -0.2) is 28.5 Å². The summed E-state index contributed by atoms with van der Waals surface area (Å²) in [7, 11) is 0. The topological polar surface area (TPSA) is 57.7 Å². The van der Waals surface area contributed by atoms with Crippen LogP contribution in [0.1, 0.15) is 33.1 Å². The number of halogens is 1. The van der Waals surface area contributed by atoms with Crippen LogP contribution in [0.4, 0.5) is 5.69 Å². The van der Waals surface area contributed by atoms with Crippen LogP contribution in [0.3, 0.4) is 0 Å². The van der Waals surface area contributed by atoms with Gasteiger partial charge in [0.1, 0.15) is 6.04 Å². The van der Waals surface area contributed by atoms with Crippen molar-refractivity contribution >= 4 is 45.3 Å². The summed E-state index contributed by atoms with van der Waals surface area (Å²) in [6, 6.07) is 21.3. The van der Waals surface area contributed by atoms with Crippen molar-refractivity contribution < 1.29 is 14.4 Å². The van der Waals surface area contributed by atoms with Crippen LogP contribution >= 0.6 is 15.9 Å². The molecule has 3 heterocycles. The first-order valence-corrected chi connectivity index (χ1v) is 12.0. The van der Waals surface area contributed by atoms with Gasteiger partial charge in [0.25, 0.3) is 0 Å². The molecule has 168 valence electrons. The van der Waals surface area contributed by atoms with Crippen molar-refractivity contribution in [3.05, 3.63) is 106 Å². The monoisotopic (exact) mass is 512 g/mol. The fourth-order valence-corrected chi connectivity index (χ4v) is 5.85. The maximum absolute atomic E-state index is 13.8. The standard InChI is InChI=1S/C28H21BrN2O3/c1-16-6-12-20(13-7-16)31-27(33)22-23(28(31)34)25(26(32)18-8-10-19(29)11-9-18)30-15-14-17-4-2-3-5-21(17)24(22)30/h2-15,22-25H,1H3/t22-,23+,24+,25-/m0/s1. The van der Waals surface area contributed by atoms with Gasteiger partial charge in [0, 0.05) is 16.2 Å². The summed E-state index contributed by atoms with van der Waals surface area (Å²) >= 11 is 3.41. The summed E-state index contributed by atoms with van der Waals surface area (Å²) in [5.74, 6) is -2.10. The minimum atomic E-state index is -0.759. The van der Waals surface area contributed by atoms with Gasteiger partial charge < -0.3 is 4.90 Å². The lowest BCUT2D eigenvalue weighted by molar-refractivity contribution is -0.123. The van der Waals surface area contributed by atoms with E-state index in [1.165, 1.54) is 4.90 Å². The largest absolute Gasteiger partial charge is 0.358 e. The maximum Gasteiger partial charge on any atom is 0.240 e. The third-order valence-electron chi connectivity index (χ3n) is 7.15. The molecule has 2 saturated heterocycles. The van der Waals surface area contributed by atoms with Crippen LogP contribution in [0.25, 0.3) is 6.08 Å². The number of imide groups is 1. The molecular formula is C28H21BrN2O3. The van der Waals surface area contributed by atoms with Crippen molar-refractivity contribution in [3.8, 4) is 0 Å². The van der Waals surface area contributed by atoms with E-state index in [4.69, 9.17) is 0 Å². The highest BCUT2D eigenvalue weighted by molar-refractivity contribution is 9.10. The zero-order valence-corrected chi connectivity index (χ0v) is 20.0. The molecule has 0 bridgehead atoms. The number of anilines is 1. The Balaban J connectivity index is 1.49. The highest BCUT2D eigenvalue weighted by atomic mass is 79.9. The Labute approximate surface area is 205 Å². The van der Waals surface area contributed by atoms with Gasteiger partial charge in [-0.1, -0.05) is 70.0 Å². The predicted molar refractivity (Wildman–Crippen MR) is 133 cm³/mol. The van der Waals surface area contributed by atoms with Gasteiger partial charge in [-0.25, -0.2) is 4.90 Å². The van der Waals surface area contributed by atoms with Crippen LogP contribution < -0.4 is 4.90 Å². The van der Waals surface area contributed by atoms with Crippen molar-refractivity contribution in [2.24, 2.45) is 11.8 Å².